The lowest BCUT2D eigenvalue weighted by atomic mass is 10.4. The molecule has 0 amide bonds. The van der Waals surface area contributed by atoms with Gasteiger partial charge in [-0.2, -0.15) is 42.1 Å². The van der Waals surface area contributed by atoms with Crippen molar-refractivity contribution >= 4 is 97.6 Å². The van der Waals surface area contributed by atoms with E-state index in [0.717, 1.165) is 23.5 Å². The van der Waals surface area contributed by atoms with Gasteiger partial charge in [-0.3, -0.25) is 22.8 Å². The lowest BCUT2D eigenvalue weighted by molar-refractivity contribution is 0.473. The number of rotatable bonds is 23. The first-order valence-corrected chi connectivity index (χ1v) is 22.7. The molecule has 0 rings (SSSR count). The number of hydrogen-bond acceptors (Lipinski definition) is 14. The highest BCUT2D eigenvalue weighted by Gasteiger charge is 2.46. The summed E-state index contributed by atoms with van der Waals surface area (Å²) in [5, 5.41) is 0. The van der Waals surface area contributed by atoms with Crippen LogP contribution < -0.4 is 0 Å². The highest BCUT2D eigenvalue weighted by Crippen LogP contribution is 2.49. The molecule has 2 atom stereocenters. The molecule has 0 saturated carbocycles. The molecule has 236 valence electrons. The zero-order chi connectivity index (χ0) is 30.6. The van der Waals surface area contributed by atoms with Crippen LogP contribution in [0.2, 0.25) is 0 Å². The summed E-state index contributed by atoms with van der Waals surface area (Å²) >= 11 is 3.25. The van der Waals surface area contributed by atoms with Crippen molar-refractivity contribution in [2.45, 2.75) is 40.1 Å². The van der Waals surface area contributed by atoms with Gasteiger partial charge in [0.2, 0.25) is 0 Å². The van der Waals surface area contributed by atoms with Gasteiger partial charge in [0.05, 0.1) is 27.6 Å². The molecule has 0 radical (unpaired) electrons. The average molecular weight is 741 g/mol. The summed E-state index contributed by atoms with van der Waals surface area (Å²) in [5.74, 6) is -2.92. The lowest BCUT2D eigenvalue weighted by Gasteiger charge is -2.33. The van der Waals surface area contributed by atoms with Crippen molar-refractivity contribution in [3.63, 3.8) is 0 Å². The summed E-state index contributed by atoms with van der Waals surface area (Å²) in [7, 11) is -22.2. The van der Waals surface area contributed by atoms with E-state index in [1.54, 1.807) is 0 Å². The molecule has 15 nitrogen and oxygen atoms in total. The quantitative estimate of drug-likeness (QED) is 0.0561. The average Bonchev–Trinajstić information content (AvgIpc) is 2.69. The molecule has 0 saturated heterocycles. The van der Waals surface area contributed by atoms with Crippen LogP contribution in [0.1, 0.15) is 32.1 Å². The van der Waals surface area contributed by atoms with Crippen molar-refractivity contribution in [3.8, 4) is 0 Å². The fourth-order valence-electron chi connectivity index (χ4n) is 2.61. The zero-order valence-corrected chi connectivity index (χ0v) is 27.6. The molecule has 0 bridgehead atoms. The van der Waals surface area contributed by atoms with Gasteiger partial charge in [0.25, 0.3) is 50.6 Å². The molecule has 5 N–H and O–H groups in total. The monoisotopic (exact) mass is 740 g/mol. The Morgan fingerprint density at radius 1 is 0.487 bits per heavy atom. The van der Waals surface area contributed by atoms with Crippen molar-refractivity contribution in [1.29, 1.82) is 0 Å². The Balaban J connectivity index is 5.91. The predicted molar refractivity (Wildman–Crippen MR) is 157 cm³/mol. The van der Waals surface area contributed by atoms with Gasteiger partial charge >= 0.3 is 0 Å². The smallest absolute Gasteiger partial charge is 0.286 e. The maximum absolute atomic E-state index is 12.6. The molecule has 0 aliphatic heterocycles. The normalized spacial score (nSPS) is 16.1. The van der Waals surface area contributed by atoms with E-state index in [4.69, 9.17) is 18.2 Å². The fourth-order valence-corrected chi connectivity index (χ4v) is 13.7. The highest BCUT2D eigenvalue weighted by molar-refractivity contribution is 8.30. The Hall–Kier alpha value is 0.950. The van der Waals surface area contributed by atoms with Crippen LogP contribution in [0, 0.1) is 0 Å². The summed E-state index contributed by atoms with van der Waals surface area (Å²) < 4.78 is 156. The second-order valence-electron chi connectivity index (χ2n) is 7.79. The van der Waals surface area contributed by atoms with Gasteiger partial charge in [-0.15, -0.1) is 47.0 Å². The zero-order valence-electron chi connectivity index (χ0n) is 20.3. The van der Waals surface area contributed by atoms with Crippen molar-refractivity contribution in [2.24, 2.45) is 0 Å². The minimum absolute atomic E-state index is 0.0313. The summed E-state index contributed by atoms with van der Waals surface area (Å²) in [5.41, 5.74) is 0. The largest absolute Gasteiger partial charge is 0.289 e. The topological polar surface area (TPSA) is 272 Å². The van der Waals surface area contributed by atoms with Crippen molar-refractivity contribution in [2.75, 3.05) is 46.0 Å². The van der Waals surface area contributed by atoms with Crippen molar-refractivity contribution < 1.29 is 64.9 Å². The summed E-state index contributed by atoms with van der Waals surface area (Å²) in [4.78, 5) is 0. The summed E-state index contributed by atoms with van der Waals surface area (Å²) in [6, 6.07) is 0. The number of hydrogen-bond donors (Lipinski definition) is 5. The highest BCUT2D eigenvalue weighted by atomic mass is 32.3. The second kappa shape index (κ2) is 17.3. The van der Waals surface area contributed by atoms with Gasteiger partial charge in [0.1, 0.15) is 0 Å². The van der Waals surface area contributed by atoms with Gasteiger partial charge in [0, 0.05) is 12.2 Å². The molecule has 0 aliphatic rings. The molecule has 0 aromatic rings. The van der Waals surface area contributed by atoms with Gasteiger partial charge in [-0.1, -0.05) is 0 Å². The Morgan fingerprint density at radius 2 is 0.872 bits per heavy atom. The van der Waals surface area contributed by atoms with E-state index in [1.807, 2.05) is 0 Å². The third kappa shape index (κ3) is 22.2. The maximum Gasteiger partial charge on any atom is 0.289 e. The molecule has 24 heteroatoms. The molecule has 0 aromatic heterocycles. The Labute approximate surface area is 246 Å². The Morgan fingerprint density at radius 3 is 1.31 bits per heavy atom. The molecule has 0 aliphatic carbocycles. The summed E-state index contributed by atoms with van der Waals surface area (Å²) in [6.07, 6.45) is -0.598. The maximum atomic E-state index is 12.6. The van der Waals surface area contributed by atoms with Gasteiger partial charge < -0.3 is 0 Å². The molecule has 0 aromatic carbocycles. The van der Waals surface area contributed by atoms with Crippen molar-refractivity contribution in [3.05, 3.63) is 0 Å². The molecular formula is C15H32O15S9. The van der Waals surface area contributed by atoms with Crippen LogP contribution in [0.25, 0.3) is 0 Å². The van der Waals surface area contributed by atoms with Crippen LogP contribution in [0.3, 0.4) is 0 Å². The van der Waals surface area contributed by atoms with Crippen LogP contribution in [0.4, 0.5) is 0 Å². The minimum Gasteiger partial charge on any atom is -0.286 e. The van der Waals surface area contributed by atoms with Crippen LogP contribution >= 0.6 is 47.0 Å². The Bertz CT molecular complexity index is 1280. The first-order chi connectivity index (χ1) is 17.4. The molecule has 39 heavy (non-hydrogen) atoms. The second-order valence-corrected chi connectivity index (χ2v) is 22.2. The van der Waals surface area contributed by atoms with Crippen LogP contribution in [0.5, 0.6) is 0 Å². The van der Waals surface area contributed by atoms with Gasteiger partial charge in [-0.25, -0.2) is 0 Å². The standard InChI is InChI=1S/C15H32O15S9/c16-35(17,18)9-2-1-6-33-15(39(28,29)30,34-7-4-11-37(22,23)24)13-14(32-8-12-38(25,26)27)31-5-3-10-36(19,20)21/h14H,1-13H2,(H,16,17,18)(H,19,20,21)(H,22,23,24)(H,25,26,27)(H,28,29,30). The Kier molecular flexibility index (Phi) is 17.7. The third-order valence-corrected chi connectivity index (χ3v) is 16.4. The first-order valence-electron chi connectivity index (χ1n) is 10.7. The van der Waals surface area contributed by atoms with E-state index < -0.39 is 88.0 Å². The minimum atomic E-state index is -4.94. The summed E-state index contributed by atoms with van der Waals surface area (Å²) in [6.45, 7) is 0. The molecule has 0 heterocycles. The fraction of sp³-hybridized carbons (Fsp3) is 1.00. The van der Waals surface area contributed by atoms with Crippen LogP contribution in [0.15, 0.2) is 0 Å². The molecule has 0 spiro atoms. The number of unbranched alkanes of at least 4 members (excludes halogenated alkanes) is 1. The van der Waals surface area contributed by atoms with E-state index in [0.29, 0.717) is 23.5 Å². The van der Waals surface area contributed by atoms with Crippen LogP contribution in [-0.2, 0) is 50.6 Å². The molecule has 0 fully saturated rings. The predicted octanol–water partition coefficient (Wildman–Crippen LogP) is 1.29. The van der Waals surface area contributed by atoms with E-state index >= 15 is 0 Å². The van der Waals surface area contributed by atoms with E-state index in [-0.39, 0.29) is 48.7 Å². The van der Waals surface area contributed by atoms with Gasteiger partial charge in [-0.05, 0) is 42.9 Å². The molecule has 2 unspecified atom stereocenters. The lowest BCUT2D eigenvalue weighted by Crippen LogP contribution is -2.35. The number of thioether (sulfide) groups is 4. The van der Waals surface area contributed by atoms with E-state index in [9.17, 15) is 46.6 Å². The van der Waals surface area contributed by atoms with Gasteiger partial charge in [0.15, 0.2) is 3.41 Å². The van der Waals surface area contributed by atoms with Crippen molar-refractivity contribution in [1.82, 2.24) is 0 Å². The molecular weight excluding hydrogens is 709 g/mol. The van der Waals surface area contributed by atoms with E-state index in [2.05, 4.69) is 0 Å². The first kappa shape index (κ1) is 40.0. The van der Waals surface area contributed by atoms with Crippen LogP contribution in [-0.4, -0.2) is 119 Å². The van der Waals surface area contributed by atoms with E-state index in [1.165, 1.54) is 0 Å². The third-order valence-electron chi connectivity index (χ3n) is 4.29. The SMILES string of the molecule is O=S(=O)(O)CCCCSC(CC(SCCCS(=O)(=O)O)SCCS(=O)(=O)O)(SCCCS(=O)(=O)O)S(=O)(=O)O.